The summed E-state index contributed by atoms with van der Waals surface area (Å²) in [6, 6.07) is 3.19. The topological polar surface area (TPSA) is 49.8 Å². The molecule has 0 radical (unpaired) electrons. The van der Waals surface area contributed by atoms with Gasteiger partial charge in [0.1, 0.15) is 0 Å². The summed E-state index contributed by atoms with van der Waals surface area (Å²) in [6.45, 7) is 1.17. The van der Waals surface area contributed by atoms with Gasteiger partial charge in [0, 0.05) is 25.9 Å². The van der Waals surface area contributed by atoms with Crippen molar-refractivity contribution in [2.75, 3.05) is 25.1 Å². The van der Waals surface area contributed by atoms with Gasteiger partial charge in [-0.15, -0.1) is 0 Å². The molecule has 0 saturated carbocycles. The molecule has 1 aromatic rings. The number of carboxylic acid groups (broad SMARTS) is 1. The minimum atomic E-state index is -4.67. The quantitative estimate of drug-likeness (QED) is 0.929. The van der Waals surface area contributed by atoms with Crippen molar-refractivity contribution in [2.45, 2.75) is 18.7 Å². The molecule has 1 saturated heterocycles. The zero-order chi connectivity index (χ0) is 14.9. The van der Waals surface area contributed by atoms with Crippen molar-refractivity contribution >= 4 is 11.7 Å². The summed E-state index contributed by atoms with van der Waals surface area (Å²) in [7, 11) is 1.57. The highest BCUT2D eigenvalue weighted by atomic mass is 19.4. The molecular weight excluding hydrogens is 275 g/mol. The Morgan fingerprint density at radius 1 is 1.45 bits per heavy atom. The van der Waals surface area contributed by atoms with Gasteiger partial charge >= 0.3 is 12.1 Å². The number of methoxy groups -OCH3 is 1. The average molecular weight is 289 g/mol. The maximum absolute atomic E-state index is 12.7. The SMILES string of the molecule is COC1CCN(c2ccc(C(F)(F)F)c(C(=O)O)c2)C1. The van der Waals surface area contributed by atoms with Gasteiger partial charge in [0.25, 0.3) is 0 Å². The lowest BCUT2D eigenvalue weighted by molar-refractivity contribution is -0.138. The fraction of sp³-hybridized carbons (Fsp3) is 0.462. The number of aromatic carboxylic acids is 1. The maximum atomic E-state index is 12.7. The molecular formula is C13H14F3NO3. The van der Waals surface area contributed by atoms with Crippen molar-refractivity contribution in [3.05, 3.63) is 29.3 Å². The van der Waals surface area contributed by atoms with Crippen molar-refractivity contribution < 1.29 is 27.8 Å². The van der Waals surface area contributed by atoms with Gasteiger partial charge in [-0.3, -0.25) is 0 Å². The van der Waals surface area contributed by atoms with E-state index in [0.717, 1.165) is 18.6 Å². The Balaban J connectivity index is 2.34. The van der Waals surface area contributed by atoms with E-state index in [1.807, 2.05) is 4.90 Å². The molecule has 1 N–H and O–H groups in total. The van der Waals surface area contributed by atoms with Gasteiger partial charge < -0.3 is 14.7 Å². The van der Waals surface area contributed by atoms with Gasteiger partial charge in [-0.2, -0.15) is 13.2 Å². The number of carbonyl (C=O) groups is 1. The third-order valence-electron chi connectivity index (χ3n) is 3.38. The van der Waals surface area contributed by atoms with Crippen molar-refractivity contribution in [3.63, 3.8) is 0 Å². The summed E-state index contributed by atoms with van der Waals surface area (Å²) in [5, 5.41) is 8.95. The Morgan fingerprint density at radius 3 is 2.65 bits per heavy atom. The lowest BCUT2D eigenvalue weighted by Gasteiger charge is -2.20. The number of ether oxygens (including phenoxy) is 1. The molecule has 1 unspecified atom stereocenters. The molecule has 1 heterocycles. The van der Waals surface area contributed by atoms with Crippen LogP contribution in [0.2, 0.25) is 0 Å². The largest absolute Gasteiger partial charge is 0.478 e. The summed E-state index contributed by atoms with van der Waals surface area (Å²) >= 11 is 0. The normalized spacial score (nSPS) is 19.4. The summed E-state index contributed by atoms with van der Waals surface area (Å²) in [6.07, 6.45) is -3.89. The first-order valence-electron chi connectivity index (χ1n) is 6.05. The second-order valence-electron chi connectivity index (χ2n) is 4.63. The third kappa shape index (κ3) is 2.87. The van der Waals surface area contributed by atoms with Crippen LogP contribution in [0.3, 0.4) is 0 Å². The Kier molecular flexibility index (Phi) is 3.89. The molecule has 0 bridgehead atoms. The fourth-order valence-corrected chi connectivity index (χ4v) is 2.31. The van der Waals surface area contributed by atoms with Crippen LogP contribution in [0.1, 0.15) is 22.3 Å². The van der Waals surface area contributed by atoms with Crippen LogP contribution in [0.15, 0.2) is 18.2 Å². The first kappa shape index (κ1) is 14.6. The van der Waals surface area contributed by atoms with E-state index in [1.54, 1.807) is 7.11 Å². The predicted molar refractivity (Wildman–Crippen MR) is 66.0 cm³/mol. The Hall–Kier alpha value is -1.76. The Bertz CT molecular complexity index is 516. The zero-order valence-corrected chi connectivity index (χ0v) is 10.8. The Morgan fingerprint density at radius 2 is 2.15 bits per heavy atom. The summed E-state index contributed by atoms with van der Waals surface area (Å²) in [4.78, 5) is 12.8. The van der Waals surface area contributed by atoms with Crippen LogP contribution in [0, 0.1) is 0 Å². The van der Waals surface area contributed by atoms with Crippen LogP contribution in [0.4, 0.5) is 18.9 Å². The van der Waals surface area contributed by atoms with Crippen LogP contribution in [-0.4, -0.2) is 37.4 Å². The molecule has 1 aliphatic rings. The lowest BCUT2D eigenvalue weighted by Crippen LogP contribution is -2.23. The molecule has 7 heteroatoms. The zero-order valence-electron chi connectivity index (χ0n) is 10.8. The second-order valence-corrected chi connectivity index (χ2v) is 4.63. The molecule has 0 spiro atoms. The van der Waals surface area contributed by atoms with Gasteiger partial charge in [0.15, 0.2) is 0 Å². The van der Waals surface area contributed by atoms with E-state index in [9.17, 15) is 18.0 Å². The molecule has 1 fully saturated rings. The van der Waals surface area contributed by atoms with E-state index in [4.69, 9.17) is 9.84 Å². The number of anilines is 1. The van der Waals surface area contributed by atoms with Crippen LogP contribution in [-0.2, 0) is 10.9 Å². The lowest BCUT2D eigenvalue weighted by atomic mass is 10.1. The van der Waals surface area contributed by atoms with Gasteiger partial charge in [0.05, 0.1) is 17.2 Å². The summed E-state index contributed by atoms with van der Waals surface area (Å²) in [5.74, 6) is -1.58. The maximum Gasteiger partial charge on any atom is 0.417 e. The molecule has 0 aliphatic carbocycles. The van der Waals surface area contributed by atoms with Crippen molar-refractivity contribution in [1.82, 2.24) is 0 Å². The number of benzene rings is 1. The highest BCUT2D eigenvalue weighted by Gasteiger charge is 2.36. The first-order valence-corrected chi connectivity index (χ1v) is 6.05. The highest BCUT2D eigenvalue weighted by molar-refractivity contribution is 5.91. The van der Waals surface area contributed by atoms with Gasteiger partial charge in [-0.05, 0) is 24.6 Å². The molecule has 0 amide bonds. The van der Waals surface area contributed by atoms with Crippen molar-refractivity contribution in [2.24, 2.45) is 0 Å². The minimum absolute atomic E-state index is 0.0190. The van der Waals surface area contributed by atoms with E-state index in [2.05, 4.69) is 0 Å². The first-order chi connectivity index (χ1) is 9.32. The number of hydrogen-bond acceptors (Lipinski definition) is 3. The standard InChI is InChI=1S/C13H14F3NO3/c1-20-9-4-5-17(7-9)8-2-3-11(13(14,15)16)10(6-8)12(18)19/h2-3,6,9H,4-5,7H2,1H3,(H,18,19). The molecule has 2 rings (SSSR count). The molecule has 0 aromatic heterocycles. The molecule has 1 atom stereocenters. The van der Waals surface area contributed by atoms with E-state index in [1.165, 1.54) is 6.07 Å². The van der Waals surface area contributed by atoms with Crippen LogP contribution < -0.4 is 4.90 Å². The highest BCUT2D eigenvalue weighted by Crippen LogP contribution is 2.34. The van der Waals surface area contributed by atoms with Crippen molar-refractivity contribution in [3.8, 4) is 0 Å². The monoisotopic (exact) mass is 289 g/mol. The van der Waals surface area contributed by atoms with Crippen LogP contribution in [0.5, 0.6) is 0 Å². The second kappa shape index (κ2) is 5.32. The van der Waals surface area contributed by atoms with Gasteiger partial charge in [-0.1, -0.05) is 0 Å². The number of rotatable bonds is 3. The average Bonchev–Trinajstić information content (AvgIpc) is 2.85. The van der Waals surface area contributed by atoms with E-state index >= 15 is 0 Å². The molecule has 20 heavy (non-hydrogen) atoms. The minimum Gasteiger partial charge on any atom is -0.478 e. The number of nitrogens with zero attached hydrogens (tertiary/aromatic N) is 1. The number of hydrogen-bond donors (Lipinski definition) is 1. The molecule has 110 valence electrons. The number of alkyl halides is 3. The van der Waals surface area contributed by atoms with E-state index in [-0.39, 0.29) is 6.10 Å². The van der Waals surface area contributed by atoms with Crippen molar-refractivity contribution in [1.29, 1.82) is 0 Å². The van der Waals surface area contributed by atoms with Crippen LogP contribution in [0.25, 0.3) is 0 Å². The van der Waals surface area contributed by atoms with Gasteiger partial charge in [-0.25, -0.2) is 4.79 Å². The van der Waals surface area contributed by atoms with Crippen LogP contribution >= 0.6 is 0 Å². The van der Waals surface area contributed by atoms with E-state index < -0.39 is 23.3 Å². The molecule has 1 aromatic carbocycles. The molecule has 4 nitrogen and oxygen atoms in total. The number of halogens is 3. The Labute approximate surface area is 113 Å². The summed E-state index contributed by atoms with van der Waals surface area (Å²) < 4.78 is 43.4. The molecule has 1 aliphatic heterocycles. The predicted octanol–water partition coefficient (Wildman–Crippen LogP) is 2.63. The summed E-state index contributed by atoms with van der Waals surface area (Å²) in [5.41, 5.74) is -1.39. The van der Waals surface area contributed by atoms with E-state index in [0.29, 0.717) is 18.8 Å². The number of carboxylic acids is 1. The van der Waals surface area contributed by atoms with Gasteiger partial charge in [0.2, 0.25) is 0 Å². The smallest absolute Gasteiger partial charge is 0.417 e. The third-order valence-corrected chi connectivity index (χ3v) is 3.38. The fourth-order valence-electron chi connectivity index (χ4n) is 2.31.